The Hall–Kier alpha value is -1.31. The number of ether oxygens (including phenoxy) is 1. The topological polar surface area (TPSA) is 66.9 Å². The molecule has 0 aromatic heterocycles. The van der Waals surface area contributed by atoms with E-state index in [-0.39, 0.29) is 11.7 Å². The van der Waals surface area contributed by atoms with Crippen molar-refractivity contribution >= 4 is 27.5 Å². The highest BCUT2D eigenvalue weighted by molar-refractivity contribution is 7.89. The Bertz CT molecular complexity index is 681. The summed E-state index contributed by atoms with van der Waals surface area (Å²) in [6.45, 7) is 6.41. The second kappa shape index (κ2) is 7.29. The molecule has 8 heteroatoms. The summed E-state index contributed by atoms with van der Waals surface area (Å²) in [5.74, 6) is 0.475. The number of halogens is 1. The first-order chi connectivity index (χ1) is 11.2. The van der Waals surface area contributed by atoms with Gasteiger partial charge in [-0.3, -0.25) is 4.79 Å². The SMILES string of the molecule is CCS(=O)(=O)N1CCN(C(=O)C(C)(C)Oc2ccc(Cl)cc2)CC1. The Morgan fingerprint density at radius 1 is 1.17 bits per heavy atom. The summed E-state index contributed by atoms with van der Waals surface area (Å²) in [7, 11) is -3.21. The standard InChI is InChI=1S/C16H23ClN2O4S/c1-4-24(21,22)19-11-9-18(10-12-19)15(20)16(2,3)23-14-7-5-13(17)6-8-14/h5-8H,4,9-12H2,1-3H3. The van der Waals surface area contributed by atoms with Gasteiger partial charge in [0, 0.05) is 31.2 Å². The van der Waals surface area contributed by atoms with Crippen molar-refractivity contribution in [2.75, 3.05) is 31.9 Å². The van der Waals surface area contributed by atoms with Gasteiger partial charge in [0.2, 0.25) is 10.0 Å². The molecule has 0 saturated carbocycles. The van der Waals surface area contributed by atoms with Crippen molar-refractivity contribution in [3.8, 4) is 5.75 Å². The van der Waals surface area contributed by atoms with Crippen molar-refractivity contribution in [2.45, 2.75) is 26.4 Å². The third kappa shape index (κ3) is 4.40. The summed E-state index contributed by atoms with van der Waals surface area (Å²) < 4.78 is 31.0. The second-order valence-corrected chi connectivity index (χ2v) is 8.85. The summed E-state index contributed by atoms with van der Waals surface area (Å²) in [6.07, 6.45) is 0. The highest BCUT2D eigenvalue weighted by Gasteiger charge is 2.37. The van der Waals surface area contributed by atoms with Gasteiger partial charge < -0.3 is 9.64 Å². The molecule has 0 N–H and O–H groups in total. The van der Waals surface area contributed by atoms with Crippen molar-refractivity contribution in [1.82, 2.24) is 9.21 Å². The zero-order valence-corrected chi connectivity index (χ0v) is 15.7. The van der Waals surface area contributed by atoms with Gasteiger partial charge in [0.25, 0.3) is 5.91 Å². The molecule has 1 heterocycles. The second-order valence-electron chi connectivity index (χ2n) is 6.16. The van der Waals surface area contributed by atoms with Gasteiger partial charge in [-0.15, -0.1) is 0 Å². The van der Waals surface area contributed by atoms with Crippen LogP contribution in [0.1, 0.15) is 20.8 Å². The monoisotopic (exact) mass is 374 g/mol. The highest BCUT2D eigenvalue weighted by Crippen LogP contribution is 2.23. The molecule has 1 amide bonds. The molecule has 0 unspecified atom stereocenters. The zero-order valence-electron chi connectivity index (χ0n) is 14.2. The minimum absolute atomic E-state index is 0.0755. The molecule has 1 aromatic rings. The first-order valence-corrected chi connectivity index (χ1v) is 9.86. The molecule has 0 spiro atoms. The van der Waals surface area contributed by atoms with Crippen LogP contribution in [0, 0.1) is 0 Å². The highest BCUT2D eigenvalue weighted by atomic mass is 35.5. The fraction of sp³-hybridized carbons (Fsp3) is 0.562. The molecule has 6 nitrogen and oxygen atoms in total. The summed E-state index contributed by atoms with van der Waals surface area (Å²) in [4.78, 5) is 14.4. The van der Waals surface area contributed by atoms with Gasteiger partial charge in [0.1, 0.15) is 5.75 Å². The van der Waals surface area contributed by atoms with Crippen LogP contribution in [0.15, 0.2) is 24.3 Å². The third-order valence-corrected chi connectivity index (χ3v) is 6.12. The van der Waals surface area contributed by atoms with Crippen LogP contribution in [0.25, 0.3) is 0 Å². The number of benzene rings is 1. The van der Waals surface area contributed by atoms with E-state index in [0.717, 1.165) is 0 Å². The van der Waals surface area contributed by atoms with Crippen LogP contribution in [0.4, 0.5) is 0 Å². The van der Waals surface area contributed by atoms with E-state index in [1.807, 2.05) is 0 Å². The van der Waals surface area contributed by atoms with Gasteiger partial charge in [-0.25, -0.2) is 8.42 Å². The molecule has 0 bridgehead atoms. The fourth-order valence-corrected chi connectivity index (χ4v) is 3.78. The maximum Gasteiger partial charge on any atom is 0.266 e. The maximum absolute atomic E-state index is 12.7. The number of carbonyl (C=O) groups is 1. The normalized spacial score (nSPS) is 16.9. The molecule has 1 fully saturated rings. The van der Waals surface area contributed by atoms with E-state index in [9.17, 15) is 13.2 Å². The average molecular weight is 375 g/mol. The lowest BCUT2D eigenvalue weighted by atomic mass is 10.1. The predicted octanol–water partition coefficient (Wildman–Crippen LogP) is 1.99. The van der Waals surface area contributed by atoms with E-state index < -0.39 is 15.6 Å². The Morgan fingerprint density at radius 3 is 2.21 bits per heavy atom. The first kappa shape index (κ1) is 19.0. The molecular weight excluding hydrogens is 352 g/mol. The van der Waals surface area contributed by atoms with E-state index in [2.05, 4.69) is 0 Å². The van der Waals surface area contributed by atoms with Crippen LogP contribution >= 0.6 is 11.6 Å². The molecule has 1 aromatic carbocycles. The van der Waals surface area contributed by atoms with Crippen molar-refractivity contribution in [1.29, 1.82) is 0 Å². The lowest BCUT2D eigenvalue weighted by molar-refractivity contribution is -0.146. The summed E-state index contributed by atoms with van der Waals surface area (Å²) in [5.41, 5.74) is -1.04. The van der Waals surface area contributed by atoms with Crippen LogP contribution in [-0.4, -0.2) is 61.1 Å². The summed E-state index contributed by atoms with van der Waals surface area (Å²) in [6, 6.07) is 6.82. The van der Waals surface area contributed by atoms with E-state index in [1.54, 1.807) is 49.9 Å². The van der Waals surface area contributed by atoms with Crippen molar-refractivity contribution in [3.05, 3.63) is 29.3 Å². The van der Waals surface area contributed by atoms with Gasteiger partial charge in [-0.05, 0) is 45.0 Å². The molecule has 0 aliphatic carbocycles. The van der Waals surface area contributed by atoms with Crippen molar-refractivity contribution in [3.63, 3.8) is 0 Å². The van der Waals surface area contributed by atoms with E-state index in [4.69, 9.17) is 16.3 Å². The largest absolute Gasteiger partial charge is 0.478 e. The number of rotatable bonds is 5. The van der Waals surface area contributed by atoms with Crippen LogP contribution in [0.2, 0.25) is 5.02 Å². The van der Waals surface area contributed by atoms with Gasteiger partial charge in [-0.2, -0.15) is 4.31 Å². The first-order valence-electron chi connectivity index (χ1n) is 7.87. The smallest absolute Gasteiger partial charge is 0.266 e. The molecule has 0 radical (unpaired) electrons. The lowest BCUT2D eigenvalue weighted by Gasteiger charge is -2.37. The molecule has 134 valence electrons. The fourth-order valence-electron chi connectivity index (χ4n) is 2.57. The molecule has 0 atom stereocenters. The van der Waals surface area contributed by atoms with Crippen LogP contribution in [0.3, 0.4) is 0 Å². The number of hydrogen-bond donors (Lipinski definition) is 0. The zero-order chi connectivity index (χ0) is 18.0. The van der Waals surface area contributed by atoms with Gasteiger partial charge in [-0.1, -0.05) is 11.6 Å². The molecule has 1 aliphatic heterocycles. The van der Waals surface area contributed by atoms with Gasteiger partial charge >= 0.3 is 0 Å². The average Bonchev–Trinajstić information content (AvgIpc) is 2.56. The summed E-state index contributed by atoms with van der Waals surface area (Å²) >= 11 is 5.85. The maximum atomic E-state index is 12.7. The van der Waals surface area contributed by atoms with Crippen LogP contribution < -0.4 is 4.74 Å². The Labute approximate surface area is 148 Å². The summed E-state index contributed by atoms with van der Waals surface area (Å²) in [5, 5.41) is 0.597. The van der Waals surface area contributed by atoms with E-state index in [1.165, 1.54) is 4.31 Å². The number of carbonyl (C=O) groups excluding carboxylic acids is 1. The lowest BCUT2D eigenvalue weighted by Crippen LogP contribution is -2.56. The molecular formula is C16H23ClN2O4S. The van der Waals surface area contributed by atoms with Gasteiger partial charge in [0.15, 0.2) is 5.60 Å². The number of sulfonamides is 1. The predicted molar refractivity (Wildman–Crippen MR) is 93.8 cm³/mol. The number of hydrogen-bond acceptors (Lipinski definition) is 4. The Balaban J connectivity index is 1.99. The number of piperazine rings is 1. The minimum Gasteiger partial charge on any atom is -0.478 e. The molecule has 24 heavy (non-hydrogen) atoms. The van der Waals surface area contributed by atoms with E-state index >= 15 is 0 Å². The van der Waals surface area contributed by atoms with Crippen molar-refractivity contribution in [2.24, 2.45) is 0 Å². The Morgan fingerprint density at radius 2 is 1.71 bits per heavy atom. The third-order valence-electron chi connectivity index (χ3n) is 3.99. The molecule has 1 saturated heterocycles. The van der Waals surface area contributed by atoms with Crippen LogP contribution in [0.5, 0.6) is 5.75 Å². The minimum atomic E-state index is -3.21. The van der Waals surface area contributed by atoms with E-state index in [0.29, 0.717) is 37.0 Å². The number of nitrogens with zero attached hydrogens (tertiary/aromatic N) is 2. The van der Waals surface area contributed by atoms with Gasteiger partial charge in [0.05, 0.1) is 5.75 Å². The number of amides is 1. The Kier molecular flexibility index (Phi) is 5.78. The van der Waals surface area contributed by atoms with Crippen LogP contribution in [-0.2, 0) is 14.8 Å². The van der Waals surface area contributed by atoms with Crippen molar-refractivity contribution < 1.29 is 17.9 Å². The molecule has 2 rings (SSSR count). The quantitative estimate of drug-likeness (QED) is 0.790. The molecule has 1 aliphatic rings.